The number of benzene rings is 3. The summed E-state index contributed by atoms with van der Waals surface area (Å²) in [7, 11) is 1.51. The fourth-order valence-electron chi connectivity index (χ4n) is 2.84. The number of methoxy groups -OCH3 is 1. The fraction of sp³-hybridized carbons (Fsp3) is 0.0417. The van der Waals surface area contributed by atoms with Crippen molar-refractivity contribution in [2.45, 2.75) is 0 Å². The van der Waals surface area contributed by atoms with Crippen molar-refractivity contribution >= 4 is 35.1 Å². The molecule has 0 aliphatic heterocycles. The van der Waals surface area contributed by atoms with Crippen molar-refractivity contribution in [3.8, 4) is 11.8 Å². The van der Waals surface area contributed by atoms with Crippen molar-refractivity contribution in [1.82, 2.24) is 0 Å². The highest BCUT2D eigenvalue weighted by atomic mass is 35.5. The van der Waals surface area contributed by atoms with Crippen LogP contribution in [0.15, 0.2) is 78.4 Å². The first kappa shape index (κ1) is 20.8. The van der Waals surface area contributed by atoms with Crippen LogP contribution in [0, 0.1) is 11.3 Å². The summed E-state index contributed by atoms with van der Waals surface area (Å²) in [4.78, 5) is 25.7. The van der Waals surface area contributed by atoms with Crippen LogP contribution in [0.1, 0.15) is 21.5 Å². The van der Waals surface area contributed by atoms with E-state index in [-0.39, 0.29) is 22.6 Å². The van der Waals surface area contributed by atoms with Gasteiger partial charge in [0.2, 0.25) is 0 Å². The van der Waals surface area contributed by atoms with Crippen LogP contribution in [0.4, 0.5) is 5.69 Å². The molecule has 0 saturated heterocycles. The molecular weight excluding hydrogens is 400 g/mol. The summed E-state index contributed by atoms with van der Waals surface area (Å²) in [5.74, 6) is -0.405. The molecule has 0 saturated carbocycles. The smallest absolute Gasteiger partial charge is 0.266 e. The third-order valence-corrected chi connectivity index (χ3v) is 4.55. The zero-order valence-corrected chi connectivity index (χ0v) is 16.8. The van der Waals surface area contributed by atoms with Crippen LogP contribution in [0.2, 0.25) is 5.02 Å². The van der Waals surface area contributed by atoms with Gasteiger partial charge in [-0.2, -0.15) is 5.26 Å². The standard InChI is InChI=1S/C24H17ClN2O3/c1-30-22-10-6-5-9-17(22)13-18(15-26)24(29)27-21-12-11-19(25)14-20(21)23(28)16-7-3-2-4-8-16/h2-14H,1H3,(H,27,29)/b18-13+. The fourth-order valence-corrected chi connectivity index (χ4v) is 3.01. The number of nitriles is 1. The van der Waals surface area contributed by atoms with E-state index in [1.54, 1.807) is 60.7 Å². The van der Waals surface area contributed by atoms with Gasteiger partial charge in [-0.3, -0.25) is 9.59 Å². The van der Waals surface area contributed by atoms with E-state index in [9.17, 15) is 14.9 Å². The first-order chi connectivity index (χ1) is 14.5. The second kappa shape index (κ2) is 9.55. The number of para-hydroxylation sites is 1. The molecular formula is C24H17ClN2O3. The van der Waals surface area contributed by atoms with Crippen LogP contribution in [-0.2, 0) is 4.79 Å². The van der Waals surface area contributed by atoms with Crippen LogP contribution in [0.5, 0.6) is 5.75 Å². The molecule has 148 valence electrons. The molecule has 5 nitrogen and oxygen atoms in total. The minimum atomic E-state index is -0.646. The Bertz CT molecular complexity index is 1160. The van der Waals surface area contributed by atoms with Crippen LogP contribution in [0.25, 0.3) is 6.08 Å². The molecule has 1 amide bonds. The number of halogens is 1. The number of carbonyl (C=O) groups is 2. The highest BCUT2D eigenvalue weighted by molar-refractivity contribution is 6.31. The lowest BCUT2D eigenvalue weighted by Gasteiger charge is -2.11. The summed E-state index contributed by atoms with van der Waals surface area (Å²) in [5, 5.41) is 12.5. The molecule has 0 bridgehead atoms. The monoisotopic (exact) mass is 416 g/mol. The van der Waals surface area contributed by atoms with Gasteiger partial charge in [0, 0.05) is 21.7 Å². The predicted octanol–water partition coefficient (Wildman–Crippen LogP) is 5.13. The SMILES string of the molecule is COc1ccccc1/C=C(\C#N)C(=O)Nc1ccc(Cl)cc1C(=O)c1ccccc1. The van der Waals surface area contributed by atoms with E-state index in [1.165, 1.54) is 25.3 Å². The lowest BCUT2D eigenvalue weighted by molar-refractivity contribution is -0.112. The van der Waals surface area contributed by atoms with E-state index in [2.05, 4.69) is 5.32 Å². The van der Waals surface area contributed by atoms with Crippen LogP contribution < -0.4 is 10.1 Å². The zero-order chi connectivity index (χ0) is 21.5. The van der Waals surface area contributed by atoms with Crippen LogP contribution in [-0.4, -0.2) is 18.8 Å². The van der Waals surface area contributed by atoms with Crippen LogP contribution in [0.3, 0.4) is 0 Å². The van der Waals surface area contributed by atoms with Gasteiger partial charge in [0.05, 0.1) is 12.8 Å². The van der Waals surface area contributed by atoms with Crippen molar-refractivity contribution in [2.75, 3.05) is 12.4 Å². The number of rotatable bonds is 6. The Kier molecular flexibility index (Phi) is 6.63. The quantitative estimate of drug-likeness (QED) is 0.343. The maximum Gasteiger partial charge on any atom is 0.266 e. The molecule has 0 aromatic heterocycles. The van der Waals surface area contributed by atoms with Crippen molar-refractivity contribution in [3.05, 3.63) is 100 Å². The van der Waals surface area contributed by atoms with Gasteiger partial charge >= 0.3 is 0 Å². The summed E-state index contributed by atoms with van der Waals surface area (Å²) < 4.78 is 5.26. The number of ketones is 1. The molecule has 0 heterocycles. The second-order valence-electron chi connectivity index (χ2n) is 6.25. The molecule has 0 aliphatic carbocycles. The largest absolute Gasteiger partial charge is 0.496 e. The summed E-state index contributed by atoms with van der Waals surface area (Å²) >= 11 is 6.07. The van der Waals surface area contributed by atoms with E-state index in [0.29, 0.717) is 21.9 Å². The van der Waals surface area contributed by atoms with Gasteiger partial charge in [0.15, 0.2) is 5.78 Å². The van der Waals surface area contributed by atoms with Gasteiger partial charge in [-0.1, -0.05) is 60.1 Å². The Morgan fingerprint density at radius 1 is 1.03 bits per heavy atom. The molecule has 3 rings (SSSR count). The Balaban J connectivity index is 1.94. The molecule has 0 aliphatic rings. The number of amides is 1. The summed E-state index contributed by atoms with van der Waals surface area (Å²) in [6.45, 7) is 0. The molecule has 1 N–H and O–H groups in total. The summed E-state index contributed by atoms with van der Waals surface area (Å²) in [6, 6.07) is 22.2. The number of anilines is 1. The molecule has 3 aromatic carbocycles. The lowest BCUT2D eigenvalue weighted by atomic mass is 10.0. The molecule has 30 heavy (non-hydrogen) atoms. The zero-order valence-electron chi connectivity index (χ0n) is 16.1. The van der Waals surface area contributed by atoms with E-state index >= 15 is 0 Å². The highest BCUT2D eigenvalue weighted by Gasteiger charge is 2.18. The number of hydrogen-bond acceptors (Lipinski definition) is 4. The minimum absolute atomic E-state index is 0.132. The van der Waals surface area contributed by atoms with Gasteiger partial charge in [0.25, 0.3) is 5.91 Å². The Labute approximate surface area is 179 Å². The van der Waals surface area contributed by atoms with E-state index in [4.69, 9.17) is 16.3 Å². The predicted molar refractivity (Wildman–Crippen MR) is 117 cm³/mol. The summed E-state index contributed by atoms with van der Waals surface area (Å²) in [5.41, 5.74) is 1.41. The Morgan fingerprint density at radius 3 is 2.43 bits per heavy atom. The first-order valence-corrected chi connectivity index (χ1v) is 9.36. The topological polar surface area (TPSA) is 79.2 Å². The van der Waals surface area contributed by atoms with Crippen molar-refractivity contribution in [2.24, 2.45) is 0 Å². The van der Waals surface area contributed by atoms with Gasteiger partial charge in [-0.15, -0.1) is 0 Å². The second-order valence-corrected chi connectivity index (χ2v) is 6.69. The van der Waals surface area contributed by atoms with Gasteiger partial charge < -0.3 is 10.1 Å². The molecule has 3 aromatic rings. The molecule has 6 heteroatoms. The third-order valence-electron chi connectivity index (χ3n) is 4.31. The number of hydrogen-bond donors (Lipinski definition) is 1. The van der Waals surface area contributed by atoms with Gasteiger partial charge in [-0.05, 0) is 30.3 Å². The molecule has 0 spiro atoms. The number of carbonyl (C=O) groups excluding carboxylic acids is 2. The minimum Gasteiger partial charge on any atom is -0.496 e. The van der Waals surface area contributed by atoms with Crippen molar-refractivity contribution in [3.63, 3.8) is 0 Å². The van der Waals surface area contributed by atoms with E-state index in [0.717, 1.165) is 0 Å². The van der Waals surface area contributed by atoms with Crippen LogP contribution >= 0.6 is 11.6 Å². The van der Waals surface area contributed by atoms with Crippen molar-refractivity contribution < 1.29 is 14.3 Å². The average molecular weight is 417 g/mol. The van der Waals surface area contributed by atoms with Gasteiger partial charge in [0.1, 0.15) is 17.4 Å². The Hall–Kier alpha value is -3.88. The number of nitrogens with one attached hydrogen (secondary N) is 1. The third kappa shape index (κ3) is 4.75. The lowest BCUT2D eigenvalue weighted by Crippen LogP contribution is -2.16. The van der Waals surface area contributed by atoms with Crippen molar-refractivity contribution in [1.29, 1.82) is 5.26 Å². The maximum absolute atomic E-state index is 12.9. The Morgan fingerprint density at radius 2 is 1.73 bits per heavy atom. The van der Waals surface area contributed by atoms with E-state index < -0.39 is 5.91 Å². The number of nitrogens with zero attached hydrogens (tertiary/aromatic N) is 1. The summed E-state index contributed by atoms with van der Waals surface area (Å²) in [6.07, 6.45) is 1.43. The molecule has 0 radical (unpaired) electrons. The van der Waals surface area contributed by atoms with Gasteiger partial charge in [-0.25, -0.2) is 0 Å². The molecule has 0 unspecified atom stereocenters. The molecule has 0 fully saturated rings. The number of ether oxygens (including phenoxy) is 1. The maximum atomic E-state index is 12.9. The normalized spacial score (nSPS) is 10.8. The first-order valence-electron chi connectivity index (χ1n) is 8.99. The highest BCUT2D eigenvalue weighted by Crippen LogP contribution is 2.25. The van der Waals surface area contributed by atoms with E-state index in [1.807, 2.05) is 6.07 Å². The average Bonchev–Trinajstić information content (AvgIpc) is 2.78. The molecule has 0 atom stereocenters.